The fourth-order valence-corrected chi connectivity index (χ4v) is 3.61. The molecule has 0 unspecified atom stereocenters. The zero-order valence-corrected chi connectivity index (χ0v) is 14.0. The summed E-state index contributed by atoms with van der Waals surface area (Å²) in [7, 11) is 0. The summed E-state index contributed by atoms with van der Waals surface area (Å²) in [5, 5.41) is 2.74. The molecule has 2 aromatic rings. The molecular formula is C20H28N2. The average Bonchev–Trinajstić information content (AvgIpc) is 2.55. The van der Waals surface area contributed by atoms with Gasteiger partial charge in [-0.05, 0) is 62.2 Å². The quantitative estimate of drug-likeness (QED) is 0.789. The molecule has 0 radical (unpaired) electrons. The maximum Gasteiger partial charge on any atom is 0.0507 e. The van der Waals surface area contributed by atoms with Gasteiger partial charge >= 0.3 is 0 Å². The third-order valence-electron chi connectivity index (χ3n) is 4.82. The molecule has 0 bridgehead atoms. The molecule has 1 aromatic heterocycles. The van der Waals surface area contributed by atoms with Crippen molar-refractivity contribution in [1.82, 2.24) is 9.88 Å². The Hall–Kier alpha value is -1.41. The van der Waals surface area contributed by atoms with Crippen molar-refractivity contribution in [3.8, 4) is 0 Å². The van der Waals surface area contributed by atoms with E-state index in [1.54, 1.807) is 0 Å². The molecule has 0 saturated carbocycles. The second-order valence-electron chi connectivity index (χ2n) is 6.87. The van der Waals surface area contributed by atoms with Crippen LogP contribution in [0.2, 0.25) is 0 Å². The van der Waals surface area contributed by atoms with Gasteiger partial charge in [0, 0.05) is 11.6 Å². The molecule has 1 aromatic carbocycles. The van der Waals surface area contributed by atoms with Gasteiger partial charge in [0.1, 0.15) is 0 Å². The second kappa shape index (κ2) is 7.23. The van der Waals surface area contributed by atoms with Crippen LogP contribution < -0.4 is 0 Å². The highest BCUT2D eigenvalue weighted by atomic mass is 15.1. The van der Waals surface area contributed by atoms with E-state index < -0.39 is 0 Å². The van der Waals surface area contributed by atoms with Gasteiger partial charge in [-0.2, -0.15) is 0 Å². The number of rotatable bonds is 5. The van der Waals surface area contributed by atoms with E-state index in [9.17, 15) is 0 Å². The van der Waals surface area contributed by atoms with Gasteiger partial charge in [-0.3, -0.25) is 4.98 Å². The second-order valence-corrected chi connectivity index (χ2v) is 6.87. The summed E-state index contributed by atoms with van der Waals surface area (Å²) in [6, 6.07) is 8.78. The van der Waals surface area contributed by atoms with E-state index >= 15 is 0 Å². The molecule has 118 valence electrons. The van der Waals surface area contributed by atoms with Crippen molar-refractivity contribution >= 4 is 10.8 Å². The summed E-state index contributed by atoms with van der Waals surface area (Å²) in [5.41, 5.74) is 2.65. The minimum absolute atomic E-state index is 0.479. The molecule has 2 nitrogen and oxygen atoms in total. The lowest BCUT2D eigenvalue weighted by atomic mass is 9.97. The SMILES string of the molecule is CC(C)c1ncc(CCCN2CCCCC2)c2ccccc12. The van der Waals surface area contributed by atoms with Gasteiger partial charge in [0.25, 0.3) is 0 Å². The van der Waals surface area contributed by atoms with E-state index in [0.29, 0.717) is 5.92 Å². The molecule has 2 heteroatoms. The molecule has 3 rings (SSSR count). The predicted molar refractivity (Wildman–Crippen MR) is 94.4 cm³/mol. The highest BCUT2D eigenvalue weighted by Crippen LogP contribution is 2.26. The summed E-state index contributed by atoms with van der Waals surface area (Å²) < 4.78 is 0. The van der Waals surface area contributed by atoms with Gasteiger partial charge in [-0.1, -0.05) is 44.5 Å². The highest BCUT2D eigenvalue weighted by Gasteiger charge is 2.12. The van der Waals surface area contributed by atoms with Gasteiger partial charge in [-0.25, -0.2) is 0 Å². The average molecular weight is 296 g/mol. The van der Waals surface area contributed by atoms with Crippen molar-refractivity contribution in [1.29, 1.82) is 0 Å². The predicted octanol–water partition coefficient (Wildman–Crippen LogP) is 4.78. The lowest BCUT2D eigenvalue weighted by Gasteiger charge is -2.26. The molecule has 0 aliphatic carbocycles. The van der Waals surface area contributed by atoms with Crippen molar-refractivity contribution < 1.29 is 0 Å². The van der Waals surface area contributed by atoms with Crippen LogP contribution in [0.5, 0.6) is 0 Å². The Morgan fingerprint density at radius 1 is 1.05 bits per heavy atom. The molecule has 0 amide bonds. The number of aryl methyl sites for hydroxylation is 1. The van der Waals surface area contributed by atoms with Crippen LogP contribution in [0.25, 0.3) is 10.8 Å². The zero-order valence-electron chi connectivity index (χ0n) is 14.0. The summed E-state index contributed by atoms with van der Waals surface area (Å²) in [5.74, 6) is 0.479. The van der Waals surface area contributed by atoms with Crippen LogP contribution in [-0.4, -0.2) is 29.5 Å². The van der Waals surface area contributed by atoms with Gasteiger partial charge in [0.15, 0.2) is 0 Å². The monoisotopic (exact) mass is 296 g/mol. The number of hydrogen-bond acceptors (Lipinski definition) is 2. The van der Waals surface area contributed by atoms with E-state index in [4.69, 9.17) is 4.98 Å². The smallest absolute Gasteiger partial charge is 0.0507 e. The Morgan fingerprint density at radius 2 is 1.77 bits per heavy atom. The molecule has 22 heavy (non-hydrogen) atoms. The van der Waals surface area contributed by atoms with Crippen LogP contribution in [0.4, 0.5) is 0 Å². The first-order valence-electron chi connectivity index (χ1n) is 8.84. The van der Waals surface area contributed by atoms with Gasteiger partial charge in [0.2, 0.25) is 0 Å². The Morgan fingerprint density at radius 3 is 2.50 bits per heavy atom. The van der Waals surface area contributed by atoms with Crippen molar-refractivity contribution in [3.05, 3.63) is 41.7 Å². The van der Waals surface area contributed by atoms with E-state index in [2.05, 4.69) is 49.2 Å². The summed E-state index contributed by atoms with van der Waals surface area (Å²) in [6.45, 7) is 8.28. The minimum atomic E-state index is 0.479. The minimum Gasteiger partial charge on any atom is -0.303 e. The fraction of sp³-hybridized carbons (Fsp3) is 0.550. The van der Waals surface area contributed by atoms with Crippen LogP contribution >= 0.6 is 0 Å². The zero-order chi connectivity index (χ0) is 15.4. The number of aromatic nitrogens is 1. The Labute approximate surface area is 134 Å². The molecule has 1 aliphatic heterocycles. The third-order valence-corrected chi connectivity index (χ3v) is 4.82. The maximum atomic E-state index is 4.76. The van der Waals surface area contributed by atoms with Crippen molar-refractivity contribution in [3.63, 3.8) is 0 Å². The standard InChI is InChI=1S/C20H28N2/c1-16(2)20-19-11-5-4-10-18(19)17(15-21-20)9-8-14-22-12-6-3-7-13-22/h4-5,10-11,15-16H,3,6-9,12-14H2,1-2H3. The van der Waals surface area contributed by atoms with Gasteiger partial charge in [-0.15, -0.1) is 0 Å². The molecule has 1 saturated heterocycles. The number of likely N-dealkylation sites (tertiary alicyclic amines) is 1. The fourth-order valence-electron chi connectivity index (χ4n) is 3.61. The van der Waals surface area contributed by atoms with E-state index in [-0.39, 0.29) is 0 Å². The van der Waals surface area contributed by atoms with Crippen LogP contribution in [-0.2, 0) is 6.42 Å². The first kappa shape index (κ1) is 15.5. The van der Waals surface area contributed by atoms with E-state index in [0.717, 1.165) is 6.42 Å². The highest BCUT2D eigenvalue weighted by molar-refractivity contribution is 5.87. The maximum absolute atomic E-state index is 4.76. The Bertz CT molecular complexity index is 612. The first-order chi connectivity index (χ1) is 10.8. The molecule has 0 spiro atoms. The van der Waals surface area contributed by atoms with Crippen molar-refractivity contribution in [2.45, 2.75) is 51.9 Å². The Balaban J connectivity index is 1.72. The van der Waals surface area contributed by atoms with Crippen LogP contribution in [0.1, 0.15) is 56.7 Å². The number of fused-ring (bicyclic) bond motifs is 1. The number of hydrogen-bond donors (Lipinski definition) is 0. The third kappa shape index (κ3) is 3.49. The van der Waals surface area contributed by atoms with Gasteiger partial charge < -0.3 is 4.90 Å². The number of nitrogens with zero attached hydrogens (tertiary/aromatic N) is 2. The van der Waals surface area contributed by atoms with Crippen LogP contribution in [0.15, 0.2) is 30.5 Å². The molecule has 0 N–H and O–H groups in total. The summed E-state index contributed by atoms with van der Waals surface area (Å²) in [6.07, 6.45) is 8.69. The van der Waals surface area contributed by atoms with Crippen LogP contribution in [0.3, 0.4) is 0 Å². The first-order valence-corrected chi connectivity index (χ1v) is 8.84. The largest absolute Gasteiger partial charge is 0.303 e. The molecule has 2 heterocycles. The number of benzene rings is 1. The molecular weight excluding hydrogens is 268 g/mol. The van der Waals surface area contributed by atoms with E-state index in [1.165, 1.54) is 67.3 Å². The lowest BCUT2D eigenvalue weighted by molar-refractivity contribution is 0.226. The molecule has 1 fully saturated rings. The van der Waals surface area contributed by atoms with Gasteiger partial charge in [0.05, 0.1) is 5.69 Å². The number of pyridine rings is 1. The van der Waals surface area contributed by atoms with Crippen molar-refractivity contribution in [2.24, 2.45) is 0 Å². The van der Waals surface area contributed by atoms with E-state index in [1.807, 2.05) is 0 Å². The summed E-state index contributed by atoms with van der Waals surface area (Å²) in [4.78, 5) is 7.38. The molecule has 1 aliphatic rings. The topological polar surface area (TPSA) is 16.1 Å². The Kier molecular flexibility index (Phi) is 5.09. The normalized spacial score (nSPS) is 16.5. The summed E-state index contributed by atoms with van der Waals surface area (Å²) >= 11 is 0. The molecule has 0 atom stereocenters. The van der Waals surface area contributed by atoms with Crippen LogP contribution in [0, 0.1) is 0 Å². The lowest BCUT2D eigenvalue weighted by Crippen LogP contribution is -2.30. The number of piperidine rings is 1. The van der Waals surface area contributed by atoms with Crippen molar-refractivity contribution in [2.75, 3.05) is 19.6 Å².